The van der Waals surface area contributed by atoms with Gasteiger partial charge < -0.3 is 15.7 Å². The third kappa shape index (κ3) is 3.58. The first-order chi connectivity index (χ1) is 8.59. The Morgan fingerprint density at radius 3 is 2.89 bits per heavy atom. The second kappa shape index (κ2) is 6.73. The average Bonchev–Trinajstić information content (AvgIpc) is 2.34. The van der Waals surface area contributed by atoms with Crippen molar-refractivity contribution < 1.29 is 9.90 Å². The molecular weight excluding hydrogens is 266 g/mol. The van der Waals surface area contributed by atoms with Crippen molar-refractivity contribution in [1.29, 1.82) is 0 Å². The third-order valence-electron chi connectivity index (χ3n) is 3.52. The van der Waals surface area contributed by atoms with Gasteiger partial charge in [-0.05, 0) is 37.9 Å². The number of carbonyl (C=O) groups is 1. The second-order valence-electron chi connectivity index (χ2n) is 4.88. The van der Waals surface area contributed by atoms with Gasteiger partial charge in [0.15, 0.2) is 5.69 Å². The largest absolute Gasteiger partial charge is 0.505 e. The highest BCUT2D eigenvalue weighted by Gasteiger charge is 2.29. The smallest absolute Gasteiger partial charge is 0.274 e. The Hall–Kier alpha value is -1.33. The minimum absolute atomic E-state index is 0. The van der Waals surface area contributed by atoms with Crippen LogP contribution in [0.2, 0.25) is 0 Å². The number of pyridine rings is 1. The Kier molecular flexibility index (Phi) is 5.57. The highest BCUT2D eigenvalue weighted by Crippen LogP contribution is 2.18. The minimum atomic E-state index is -0.319. The van der Waals surface area contributed by atoms with Gasteiger partial charge in [0.2, 0.25) is 0 Å². The number of nitrogens with zero attached hydrogens (tertiary/aromatic N) is 1. The van der Waals surface area contributed by atoms with Gasteiger partial charge in [-0.3, -0.25) is 4.79 Å². The van der Waals surface area contributed by atoms with Gasteiger partial charge in [0.1, 0.15) is 5.75 Å². The number of aromatic hydroxyl groups is 1. The number of aromatic nitrogens is 1. The summed E-state index contributed by atoms with van der Waals surface area (Å²) in [6.45, 7) is 5.16. The van der Waals surface area contributed by atoms with E-state index in [4.69, 9.17) is 0 Å². The fourth-order valence-corrected chi connectivity index (χ4v) is 2.40. The molecule has 1 saturated heterocycles. The van der Waals surface area contributed by atoms with Crippen LogP contribution in [0.5, 0.6) is 5.75 Å². The monoisotopic (exact) mass is 285 g/mol. The van der Waals surface area contributed by atoms with Crippen molar-refractivity contribution in [3.63, 3.8) is 0 Å². The topological polar surface area (TPSA) is 74.2 Å². The number of nitrogens with one attached hydrogen (secondary N) is 2. The molecule has 3 N–H and O–H groups in total. The molecule has 0 aliphatic carbocycles. The van der Waals surface area contributed by atoms with Crippen LogP contribution in [0.3, 0.4) is 0 Å². The highest BCUT2D eigenvalue weighted by atomic mass is 35.5. The number of halogens is 1. The summed E-state index contributed by atoms with van der Waals surface area (Å²) in [5.74, 6) is 0.00984. The van der Waals surface area contributed by atoms with Crippen molar-refractivity contribution in [2.24, 2.45) is 5.92 Å². The van der Waals surface area contributed by atoms with Gasteiger partial charge in [-0.2, -0.15) is 0 Å². The number of hydrogen-bond acceptors (Lipinski definition) is 4. The Morgan fingerprint density at radius 2 is 2.26 bits per heavy atom. The number of amides is 1. The molecule has 0 radical (unpaired) electrons. The van der Waals surface area contributed by atoms with Crippen molar-refractivity contribution in [2.75, 3.05) is 6.54 Å². The number of rotatable bonds is 2. The quantitative estimate of drug-likeness (QED) is 0.766. The first-order valence-electron chi connectivity index (χ1n) is 6.28. The molecule has 5 nitrogen and oxygen atoms in total. The van der Waals surface area contributed by atoms with E-state index in [-0.39, 0.29) is 41.8 Å². The molecule has 1 fully saturated rings. The Bertz CT molecular complexity index is 432. The first kappa shape index (κ1) is 15.7. The summed E-state index contributed by atoms with van der Waals surface area (Å²) in [6.07, 6.45) is 2.53. The maximum absolute atomic E-state index is 12.1. The molecular formula is C13H20ClN3O2. The van der Waals surface area contributed by atoms with Crippen molar-refractivity contribution in [3.05, 3.63) is 24.0 Å². The van der Waals surface area contributed by atoms with Crippen LogP contribution in [0.1, 0.15) is 30.8 Å². The zero-order chi connectivity index (χ0) is 13.1. The van der Waals surface area contributed by atoms with E-state index in [1.807, 2.05) is 0 Å². The van der Waals surface area contributed by atoms with Gasteiger partial charge in [-0.1, -0.05) is 6.92 Å². The summed E-state index contributed by atoms with van der Waals surface area (Å²) < 4.78 is 0. The molecule has 0 aromatic carbocycles. The molecule has 0 spiro atoms. The summed E-state index contributed by atoms with van der Waals surface area (Å²) in [7, 11) is 0. The van der Waals surface area contributed by atoms with Crippen LogP contribution in [-0.4, -0.2) is 34.6 Å². The summed E-state index contributed by atoms with van der Waals surface area (Å²) in [5.41, 5.74) is 0.0856. The van der Waals surface area contributed by atoms with Crippen LogP contribution in [-0.2, 0) is 0 Å². The van der Waals surface area contributed by atoms with Crippen LogP contribution in [0.15, 0.2) is 18.3 Å². The molecule has 1 aromatic heterocycles. The lowest BCUT2D eigenvalue weighted by molar-refractivity contribution is 0.0889. The molecule has 1 aliphatic rings. The molecule has 2 heterocycles. The lowest BCUT2D eigenvalue weighted by Gasteiger charge is -2.35. The predicted octanol–water partition coefficient (Wildman–Crippen LogP) is 1.33. The number of piperidine rings is 1. The minimum Gasteiger partial charge on any atom is -0.505 e. The molecule has 3 unspecified atom stereocenters. The van der Waals surface area contributed by atoms with Gasteiger partial charge in [0.05, 0.1) is 0 Å². The SMILES string of the molecule is CC1CCNC(C)C1NC(=O)c1ncccc1O.Cl. The maximum atomic E-state index is 12.1. The predicted molar refractivity (Wildman–Crippen MR) is 75.6 cm³/mol. The summed E-state index contributed by atoms with van der Waals surface area (Å²) in [4.78, 5) is 16.0. The zero-order valence-electron chi connectivity index (χ0n) is 11.1. The van der Waals surface area contributed by atoms with E-state index in [9.17, 15) is 9.90 Å². The van der Waals surface area contributed by atoms with Crippen LogP contribution < -0.4 is 10.6 Å². The second-order valence-corrected chi connectivity index (χ2v) is 4.88. The van der Waals surface area contributed by atoms with E-state index in [1.54, 1.807) is 6.07 Å². The van der Waals surface area contributed by atoms with Gasteiger partial charge in [0, 0.05) is 18.3 Å². The third-order valence-corrected chi connectivity index (χ3v) is 3.52. The van der Waals surface area contributed by atoms with Gasteiger partial charge in [-0.15, -0.1) is 12.4 Å². The van der Waals surface area contributed by atoms with Crippen molar-refractivity contribution >= 4 is 18.3 Å². The van der Waals surface area contributed by atoms with E-state index in [0.717, 1.165) is 13.0 Å². The first-order valence-corrected chi connectivity index (χ1v) is 6.28. The molecule has 0 bridgehead atoms. The molecule has 2 rings (SSSR count). The highest BCUT2D eigenvalue weighted by molar-refractivity contribution is 5.94. The molecule has 3 atom stereocenters. The molecule has 6 heteroatoms. The van der Waals surface area contributed by atoms with E-state index >= 15 is 0 Å². The van der Waals surface area contributed by atoms with E-state index in [0.29, 0.717) is 5.92 Å². The average molecular weight is 286 g/mol. The molecule has 1 amide bonds. The van der Waals surface area contributed by atoms with Crippen LogP contribution in [0.4, 0.5) is 0 Å². The van der Waals surface area contributed by atoms with Gasteiger partial charge >= 0.3 is 0 Å². The number of hydrogen-bond donors (Lipinski definition) is 3. The molecule has 106 valence electrons. The van der Waals surface area contributed by atoms with Crippen molar-refractivity contribution in [3.8, 4) is 5.75 Å². The Labute approximate surface area is 119 Å². The fourth-order valence-electron chi connectivity index (χ4n) is 2.40. The molecule has 1 aliphatic heterocycles. The zero-order valence-corrected chi connectivity index (χ0v) is 11.9. The van der Waals surface area contributed by atoms with Crippen LogP contribution in [0.25, 0.3) is 0 Å². The summed E-state index contributed by atoms with van der Waals surface area (Å²) in [6, 6.07) is 3.35. The van der Waals surface area contributed by atoms with Gasteiger partial charge in [-0.25, -0.2) is 4.98 Å². The van der Waals surface area contributed by atoms with E-state index < -0.39 is 0 Å². The molecule has 1 aromatic rings. The van der Waals surface area contributed by atoms with Gasteiger partial charge in [0.25, 0.3) is 5.91 Å². The maximum Gasteiger partial charge on any atom is 0.274 e. The normalized spacial score (nSPS) is 26.3. The van der Waals surface area contributed by atoms with E-state index in [2.05, 4.69) is 29.5 Å². The van der Waals surface area contributed by atoms with Crippen LogP contribution in [0, 0.1) is 5.92 Å². The Morgan fingerprint density at radius 1 is 1.53 bits per heavy atom. The summed E-state index contributed by atoms with van der Waals surface area (Å²) in [5, 5.41) is 15.9. The lowest BCUT2D eigenvalue weighted by atomic mass is 9.89. The fraction of sp³-hybridized carbons (Fsp3) is 0.538. The molecule has 19 heavy (non-hydrogen) atoms. The molecule has 0 saturated carbocycles. The van der Waals surface area contributed by atoms with Crippen LogP contribution >= 0.6 is 12.4 Å². The van der Waals surface area contributed by atoms with E-state index in [1.165, 1.54) is 12.3 Å². The van der Waals surface area contributed by atoms with Crippen molar-refractivity contribution in [1.82, 2.24) is 15.6 Å². The van der Waals surface area contributed by atoms with Crippen molar-refractivity contribution in [2.45, 2.75) is 32.4 Å². The number of carbonyl (C=O) groups excluding carboxylic acids is 1. The summed E-state index contributed by atoms with van der Waals surface area (Å²) >= 11 is 0. The Balaban J connectivity index is 0.00000180. The lowest BCUT2D eigenvalue weighted by Crippen LogP contribution is -2.56. The standard InChI is InChI=1S/C13H19N3O2.ClH/c1-8-5-7-14-9(2)11(8)16-13(18)12-10(17)4-3-6-15-12;/h3-4,6,8-9,11,14,17H,5,7H2,1-2H3,(H,16,18);1H.